The molecule has 4 rings (SSSR count). The number of nitrogens with zero attached hydrogens (tertiary/aromatic N) is 2. The van der Waals surface area contributed by atoms with Gasteiger partial charge in [0.15, 0.2) is 5.82 Å². The molecule has 0 saturated heterocycles. The van der Waals surface area contributed by atoms with E-state index in [0.717, 1.165) is 58.7 Å². The van der Waals surface area contributed by atoms with Crippen molar-refractivity contribution in [3.8, 4) is 0 Å². The van der Waals surface area contributed by atoms with Gasteiger partial charge < -0.3 is 0 Å². The summed E-state index contributed by atoms with van der Waals surface area (Å²) in [6.07, 6.45) is 8.44. The van der Waals surface area contributed by atoms with Crippen molar-refractivity contribution in [3.63, 3.8) is 0 Å². The second-order valence-electron chi connectivity index (χ2n) is 7.60. The predicted octanol–water partition coefficient (Wildman–Crippen LogP) is 5.25. The largest absolute Gasteiger partial charge is 0.271 e. The first kappa shape index (κ1) is 19.1. The molecule has 0 aliphatic heterocycles. The van der Waals surface area contributed by atoms with Crippen molar-refractivity contribution in [2.24, 2.45) is 5.84 Å². The maximum absolute atomic E-state index is 5.97. The molecule has 3 N–H and O–H groups in total. The van der Waals surface area contributed by atoms with E-state index in [1.165, 1.54) is 5.56 Å². The molecule has 3 aromatic rings. The fraction of sp³-hybridized carbons (Fsp3) is 0.304. The predicted molar refractivity (Wildman–Crippen MR) is 117 cm³/mol. The highest BCUT2D eigenvalue weighted by molar-refractivity contribution is 6.30. The van der Waals surface area contributed by atoms with E-state index in [4.69, 9.17) is 27.4 Å². The number of aryl methyl sites for hydroxylation is 1. The minimum Gasteiger partial charge on any atom is -0.271 e. The first-order chi connectivity index (χ1) is 13.6. The third-order valence-electron chi connectivity index (χ3n) is 5.49. The van der Waals surface area contributed by atoms with E-state index in [2.05, 4.69) is 30.5 Å². The molecule has 1 saturated carbocycles. The Balaban J connectivity index is 1.74. The molecule has 1 aromatic heterocycles. The molecule has 2 unspecified atom stereocenters. The SMILES string of the molecule is Cc1ccc2nc(/C=C/c3ccc(Cl)cc3)nc(C3CCCC(NN)C3)c2c1. The number of hydrogen-bond donors (Lipinski definition) is 2. The lowest BCUT2D eigenvalue weighted by Gasteiger charge is -2.29. The average molecular weight is 393 g/mol. The summed E-state index contributed by atoms with van der Waals surface area (Å²) in [5, 5.41) is 1.89. The standard InChI is InChI=1S/C23H25ClN4/c1-15-5-11-21-20(13-15)23(17-3-2-4-19(14-17)28-25)27-22(26-21)12-8-16-6-9-18(24)10-7-16/h5-13,17,19,28H,2-4,14,25H2,1H3/b12-8+. The summed E-state index contributed by atoms with van der Waals surface area (Å²) in [4.78, 5) is 9.75. The van der Waals surface area contributed by atoms with E-state index in [-0.39, 0.29) is 0 Å². The summed E-state index contributed by atoms with van der Waals surface area (Å²) in [6.45, 7) is 2.11. The number of rotatable bonds is 4. The maximum atomic E-state index is 5.97. The van der Waals surface area contributed by atoms with Gasteiger partial charge in [-0.2, -0.15) is 0 Å². The Kier molecular flexibility index (Phi) is 5.72. The minimum atomic E-state index is 0.349. The van der Waals surface area contributed by atoms with Gasteiger partial charge in [0.2, 0.25) is 0 Å². The van der Waals surface area contributed by atoms with Gasteiger partial charge in [-0.25, -0.2) is 9.97 Å². The summed E-state index contributed by atoms with van der Waals surface area (Å²) in [5.74, 6) is 6.86. The molecule has 144 valence electrons. The number of nitrogens with two attached hydrogens (primary N) is 1. The number of hydrogen-bond acceptors (Lipinski definition) is 4. The van der Waals surface area contributed by atoms with Crippen LogP contribution in [0.25, 0.3) is 23.1 Å². The highest BCUT2D eigenvalue weighted by Crippen LogP contribution is 2.35. The Bertz CT molecular complexity index is 997. The van der Waals surface area contributed by atoms with Crippen molar-refractivity contribution in [2.45, 2.75) is 44.6 Å². The molecule has 0 amide bonds. The van der Waals surface area contributed by atoms with Gasteiger partial charge >= 0.3 is 0 Å². The van der Waals surface area contributed by atoms with Crippen LogP contribution in [-0.2, 0) is 0 Å². The molecule has 0 spiro atoms. The quantitative estimate of drug-likeness (QED) is 0.470. The Labute approximate surface area is 170 Å². The van der Waals surface area contributed by atoms with Gasteiger partial charge in [-0.3, -0.25) is 11.3 Å². The van der Waals surface area contributed by atoms with Crippen LogP contribution in [0.15, 0.2) is 42.5 Å². The van der Waals surface area contributed by atoms with Crippen LogP contribution in [0, 0.1) is 6.92 Å². The number of nitrogens with one attached hydrogen (secondary N) is 1. The minimum absolute atomic E-state index is 0.349. The Morgan fingerprint density at radius 3 is 2.68 bits per heavy atom. The van der Waals surface area contributed by atoms with E-state index < -0.39 is 0 Å². The molecule has 4 nitrogen and oxygen atoms in total. The zero-order valence-corrected chi connectivity index (χ0v) is 16.8. The van der Waals surface area contributed by atoms with Crippen LogP contribution in [0.1, 0.15) is 54.2 Å². The van der Waals surface area contributed by atoms with Crippen LogP contribution >= 0.6 is 11.6 Å². The molecule has 1 aliphatic carbocycles. The van der Waals surface area contributed by atoms with E-state index in [9.17, 15) is 0 Å². The third-order valence-corrected chi connectivity index (χ3v) is 5.74. The van der Waals surface area contributed by atoms with Crippen molar-refractivity contribution >= 4 is 34.7 Å². The maximum Gasteiger partial charge on any atom is 0.152 e. The highest BCUT2D eigenvalue weighted by atomic mass is 35.5. The van der Waals surface area contributed by atoms with Crippen LogP contribution in [0.5, 0.6) is 0 Å². The van der Waals surface area contributed by atoms with Crippen LogP contribution in [-0.4, -0.2) is 16.0 Å². The van der Waals surface area contributed by atoms with Crippen molar-refractivity contribution in [1.29, 1.82) is 0 Å². The molecule has 1 fully saturated rings. The summed E-state index contributed by atoms with van der Waals surface area (Å²) in [6, 6.07) is 14.5. The number of halogens is 1. The zero-order valence-electron chi connectivity index (χ0n) is 16.0. The lowest BCUT2D eigenvalue weighted by molar-refractivity contribution is 0.341. The van der Waals surface area contributed by atoms with Crippen molar-refractivity contribution in [2.75, 3.05) is 0 Å². The van der Waals surface area contributed by atoms with E-state index >= 15 is 0 Å². The van der Waals surface area contributed by atoms with Gasteiger partial charge in [-0.15, -0.1) is 0 Å². The molecule has 0 bridgehead atoms. The molecule has 5 heteroatoms. The number of hydrazine groups is 1. The molecule has 28 heavy (non-hydrogen) atoms. The number of fused-ring (bicyclic) bond motifs is 1. The highest BCUT2D eigenvalue weighted by Gasteiger charge is 2.25. The first-order valence-electron chi connectivity index (χ1n) is 9.80. The van der Waals surface area contributed by atoms with Crippen molar-refractivity contribution < 1.29 is 0 Å². The van der Waals surface area contributed by atoms with Crippen molar-refractivity contribution in [1.82, 2.24) is 15.4 Å². The zero-order chi connectivity index (χ0) is 19.5. The van der Waals surface area contributed by atoms with Gasteiger partial charge in [0, 0.05) is 22.4 Å². The second-order valence-corrected chi connectivity index (χ2v) is 8.04. The van der Waals surface area contributed by atoms with Gasteiger partial charge in [0.05, 0.1) is 11.2 Å². The monoisotopic (exact) mass is 392 g/mol. The van der Waals surface area contributed by atoms with Crippen LogP contribution in [0.2, 0.25) is 5.02 Å². The smallest absolute Gasteiger partial charge is 0.152 e. The van der Waals surface area contributed by atoms with E-state index in [1.54, 1.807) is 0 Å². The average Bonchev–Trinajstić information content (AvgIpc) is 2.73. The molecule has 1 heterocycles. The molecular weight excluding hydrogens is 368 g/mol. The molecular formula is C23H25ClN4. The fourth-order valence-corrected chi connectivity index (χ4v) is 4.13. The second kappa shape index (κ2) is 8.39. The Morgan fingerprint density at radius 1 is 1.07 bits per heavy atom. The topological polar surface area (TPSA) is 63.8 Å². The lowest BCUT2D eigenvalue weighted by Crippen LogP contribution is -2.38. The van der Waals surface area contributed by atoms with Crippen LogP contribution in [0.3, 0.4) is 0 Å². The molecule has 0 radical (unpaired) electrons. The normalized spacial score (nSPS) is 20.1. The van der Waals surface area contributed by atoms with Crippen LogP contribution in [0.4, 0.5) is 0 Å². The van der Waals surface area contributed by atoms with E-state index in [1.807, 2.05) is 36.4 Å². The van der Waals surface area contributed by atoms with Crippen LogP contribution < -0.4 is 11.3 Å². The third kappa shape index (κ3) is 4.25. The molecule has 1 aliphatic rings. The Hall–Kier alpha value is -2.27. The fourth-order valence-electron chi connectivity index (χ4n) is 4.00. The van der Waals surface area contributed by atoms with Gasteiger partial charge in [0.25, 0.3) is 0 Å². The Morgan fingerprint density at radius 2 is 1.89 bits per heavy atom. The molecule has 2 atom stereocenters. The summed E-state index contributed by atoms with van der Waals surface area (Å²) >= 11 is 5.97. The van der Waals surface area contributed by atoms with Gasteiger partial charge in [-0.05, 0) is 62.1 Å². The summed E-state index contributed by atoms with van der Waals surface area (Å²) < 4.78 is 0. The number of benzene rings is 2. The first-order valence-corrected chi connectivity index (χ1v) is 10.2. The van der Waals surface area contributed by atoms with Gasteiger partial charge in [-0.1, -0.05) is 47.9 Å². The molecule has 2 aromatic carbocycles. The summed E-state index contributed by atoms with van der Waals surface area (Å²) in [5.41, 5.74) is 7.40. The van der Waals surface area contributed by atoms with Crippen molar-refractivity contribution in [3.05, 3.63) is 70.1 Å². The van der Waals surface area contributed by atoms with E-state index in [0.29, 0.717) is 12.0 Å². The summed E-state index contributed by atoms with van der Waals surface area (Å²) in [7, 11) is 0. The lowest BCUT2D eigenvalue weighted by atomic mass is 9.82. The van der Waals surface area contributed by atoms with Gasteiger partial charge in [0.1, 0.15) is 0 Å². The number of aromatic nitrogens is 2.